The van der Waals surface area contributed by atoms with Gasteiger partial charge < -0.3 is 4.52 Å². The third-order valence-electron chi connectivity index (χ3n) is 3.03. The van der Waals surface area contributed by atoms with Crippen LogP contribution in [0.2, 0.25) is 5.02 Å². The Morgan fingerprint density at radius 2 is 1.91 bits per heavy atom. The smallest absolute Gasteiger partial charge is 0.281 e. The first-order valence-electron chi connectivity index (χ1n) is 6.49. The van der Waals surface area contributed by atoms with Crippen LogP contribution in [0.15, 0.2) is 28.8 Å². The molecule has 0 fully saturated rings. The lowest BCUT2D eigenvalue weighted by Crippen LogP contribution is -2.36. The molecular weight excluding hydrogens is 328 g/mol. The molecule has 0 radical (unpaired) electrons. The Balaban J connectivity index is 2.08. The van der Waals surface area contributed by atoms with E-state index in [1.807, 2.05) is 18.2 Å². The van der Waals surface area contributed by atoms with Gasteiger partial charge in [-0.15, -0.1) is 0 Å². The number of aromatic nitrogens is 2. The van der Waals surface area contributed by atoms with Crippen LogP contribution in [0.5, 0.6) is 0 Å². The molecule has 9 heteroatoms. The minimum Gasteiger partial charge on any atom is -0.338 e. The Morgan fingerprint density at radius 3 is 2.55 bits per heavy atom. The van der Waals surface area contributed by atoms with Crippen LogP contribution in [0, 0.1) is 0 Å². The van der Waals surface area contributed by atoms with E-state index in [9.17, 15) is 8.42 Å². The summed E-state index contributed by atoms with van der Waals surface area (Å²) in [5.74, 6) is 0.689. The van der Waals surface area contributed by atoms with Crippen molar-refractivity contribution in [1.29, 1.82) is 0 Å². The molecule has 0 aliphatic heterocycles. The lowest BCUT2D eigenvalue weighted by Gasteiger charge is -2.19. The molecule has 0 atom stereocenters. The fourth-order valence-electron chi connectivity index (χ4n) is 1.79. The van der Waals surface area contributed by atoms with E-state index in [-0.39, 0.29) is 12.4 Å². The molecule has 120 valence electrons. The highest BCUT2D eigenvalue weighted by Gasteiger charge is 2.22. The van der Waals surface area contributed by atoms with Crippen molar-refractivity contribution < 1.29 is 12.9 Å². The van der Waals surface area contributed by atoms with E-state index in [1.54, 1.807) is 6.07 Å². The lowest BCUT2D eigenvalue weighted by molar-refractivity contribution is 0.325. The van der Waals surface area contributed by atoms with Crippen LogP contribution in [0.25, 0.3) is 0 Å². The molecule has 0 saturated carbocycles. The highest BCUT2D eigenvalue weighted by atomic mass is 35.5. The fraction of sp³-hybridized carbons (Fsp3) is 0.385. The van der Waals surface area contributed by atoms with Gasteiger partial charge in [0.05, 0.1) is 6.54 Å². The highest BCUT2D eigenvalue weighted by molar-refractivity contribution is 7.86. The maximum Gasteiger partial charge on any atom is 0.281 e. The van der Waals surface area contributed by atoms with Crippen LogP contribution >= 0.6 is 11.6 Å². The second kappa shape index (κ2) is 6.74. The van der Waals surface area contributed by atoms with Crippen molar-refractivity contribution in [2.45, 2.75) is 13.0 Å². The van der Waals surface area contributed by atoms with E-state index in [0.29, 0.717) is 17.3 Å². The van der Waals surface area contributed by atoms with Crippen LogP contribution < -0.4 is 0 Å². The molecule has 0 spiro atoms. The summed E-state index contributed by atoms with van der Waals surface area (Å²) in [7, 11) is 0.860. The average molecular weight is 345 g/mol. The Hall–Kier alpha value is -1.48. The van der Waals surface area contributed by atoms with Crippen LogP contribution in [0.1, 0.15) is 17.3 Å². The summed E-state index contributed by atoms with van der Waals surface area (Å²) in [5.41, 5.74) is 0.880. The maximum absolute atomic E-state index is 11.9. The molecule has 7 nitrogen and oxygen atoms in total. The quantitative estimate of drug-likeness (QED) is 0.794. The van der Waals surface area contributed by atoms with E-state index in [0.717, 1.165) is 14.2 Å². The second-order valence-electron chi connectivity index (χ2n) is 4.92. The second-order valence-corrected chi connectivity index (χ2v) is 7.58. The zero-order chi connectivity index (χ0) is 16.3. The average Bonchev–Trinajstić information content (AvgIpc) is 2.88. The summed E-state index contributed by atoms with van der Waals surface area (Å²) in [6.07, 6.45) is 0.424. The van der Waals surface area contributed by atoms with Gasteiger partial charge in [0.1, 0.15) is 0 Å². The van der Waals surface area contributed by atoms with Crippen molar-refractivity contribution in [3.63, 3.8) is 0 Å². The van der Waals surface area contributed by atoms with E-state index >= 15 is 0 Å². The van der Waals surface area contributed by atoms with Crippen LogP contribution in [0.3, 0.4) is 0 Å². The highest BCUT2D eigenvalue weighted by Crippen LogP contribution is 2.18. The Labute approximate surface area is 134 Å². The van der Waals surface area contributed by atoms with Crippen LogP contribution in [-0.2, 0) is 23.2 Å². The van der Waals surface area contributed by atoms with Crippen molar-refractivity contribution in [1.82, 2.24) is 18.8 Å². The molecule has 0 unspecified atom stereocenters. The van der Waals surface area contributed by atoms with Gasteiger partial charge in [0, 0.05) is 32.6 Å². The number of hydrogen-bond donors (Lipinski definition) is 0. The van der Waals surface area contributed by atoms with Crippen LogP contribution in [0.4, 0.5) is 0 Å². The molecule has 2 aromatic rings. The summed E-state index contributed by atoms with van der Waals surface area (Å²) < 4.78 is 31.2. The summed E-state index contributed by atoms with van der Waals surface area (Å²) in [4.78, 5) is 4.20. The van der Waals surface area contributed by atoms with Crippen molar-refractivity contribution in [2.75, 3.05) is 21.1 Å². The topological polar surface area (TPSA) is 79.5 Å². The van der Waals surface area contributed by atoms with E-state index in [1.165, 1.54) is 21.1 Å². The number of halogens is 1. The molecule has 1 aromatic carbocycles. The molecule has 1 aromatic heterocycles. The van der Waals surface area contributed by atoms with E-state index < -0.39 is 10.2 Å². The predicted octanol–water partition coefficient (Wildman–Crippen LogP) is 1.55. The predicted molar refractivity (Wildman–Crippen MR) is 82.6 cm³/mol. The molecular formula is C13H17ClN4O3S. The Kier molecular flexibility index (Phi) is 5.17. The van der Waals surface area contributed by atoms with Crippen LogP contribution in [-0.4, -0.2) is 48.3 Å². The zero-order valence-electron chi connectivity index (χ0n) is 12.5. The molecule has 0 bridgehead atoms. The number of hydrogen-bond acceptors (Lipinski definition) is 5. The van der Waals surface area contributed by atoms with Gasteiger partial charge in [0.2, 0.25) is 5.89 Å². The maximum atomic E-state index is 11.9. The van der Waals surface area contributed by atoms with Crippen molar-refractivity contribution in [3.8, 4) is 0 Å². The lowest BCUT2D eigenvalue weighted by atomic mass is 10.1. The standard InChI is InChI=1S/C13H17ClN4O3S/c1-17(2)22(19,20)18(3)9-13-15-12(16-21-13)8-10-6-4-5-7-11(10)14/h4-7H,8-9H2,1-3H3. The largest absolute Gasteiger partial charge is 0.338 e. The van der Waals surface area contributed by atoms with Gasteiger partial charge in [-0.1, -0.05) is 35.0 Å². The summed E-state index contributed by atoms with van der Waals surface area (Å²) in [6, 6.07) is 7.38. The molecule has 22 heavy (non-hydrogen) atoms. The molecule has 0 aliphatic carbocycles. The minimum atomic E-state index is -3.51. The Morgan fingerprint density at radius 1 is 1.23 bits per heavy atom. The van der Waals surface area contributed by atoms with Crippen molar-refractivity contribution in [2.24, 2.45) is 0 Å². The van der Waals surface area contributed by atoms with Gasteiger partial charge in [0.15, 0.2) is 5.82 Å². The van der Waals surface area contributed by atoms with Gasteiger partial charge in [-0.3, -0.25) is 0 Å². The number of rotatable bonds is 6. The molecule has 0 saturated heterocycles. The molecule has 0 amide bonds. The minimum absolute atomic E-state index is 0.00996. The SMILES string of the molecule is CN(C)S(=O)(=O)N(C)Cc1nc(Cc2ccccc2Cl)no1. The van der Waals surface area contributed by atoms with Gasteiger partial charge in [-0.25, -0.2) is 0 Å². The number of nitrogens with zero attached hydrogens (tertiary/aromatic N) is 4. The van der Waals surface area contributed by atoms with Gasteiger partial charge in [0.25, 0.3) is 10.2 Å². The third-order valence-corrected chi connectivity index (χ3v) is 5.24. The van der Waals surface area contributed by atoms with E-state index in [2.05, 4.69) is 10.1 Å². The zero-order valence-corrected chi connectivity index (χ0v) is 14.1. The first kappa shape index (κ1) is 16.9. The Bertz CT molecular complexity index is 745. The van der Waals surface area contributed by atoms with Crippen molar-refractivity contribution in [3.05, 3.63) is 46.6 Å². The fourth-order valence-corrected chi connectivity index (χ4v) is 2.82. The first-order chi connectivity index (χ1) is 10.3. The third kappa shape index (κ3) is 3.83. The van der Waals surface area contributed by atoms with Gasteiger partial charge in [-0.05, 0) is 11.6 Å². The first-order valence-corrected chi connectivity index (χ1v) is 8.27. The molecule has 2 rings (SSSR count). The molecule has 1 heterocycles. The molecule has 0 aliphatic rings. The van der Waals surface area contributed by atoms with E-state index in [4.69, 9.17) is 16.1 Å². The normalized spacial score (nSPS) is 12.3. The van der Waals surface area contributed by atoms with Crippen molar-refractivity contribution >= 4 is 21.8 Å². The van der Waals surface area contributed by atoms with Gasteiger partial charge >= 0.3 is 0 Å². The summed E-state index contributed by atoms with van der Waals surface area (Å²) >= 11 is 6.08. The molecule has 0 N–H and O–H groups in total. The summed E-state index contributed by atoms with van der Waals surface area (Å²) in [6.45, 7) is 0.00996. The number of benzene rings is 1. The monoisotopic (exact) mass is 344 g/mol. The van der Waals surface area contributed by atoms with Gasteiger partial charge in [-0.2, -0.15) is 22.0 Å². The summed E-state index contributed by atoms with van der Waals surface area (Å²) in [5, 5.41) is 4.48.